The number of nitrogens with two attached hydrogens (primary N) is 1. The molecule has 3 N–H and O–H groups in total. The third-order valence-corrected chi connectivity index (χ3v) is 5.11. The van der Waals surface area contributed by atoms with E-state index in [1.165, 1.54) is 12.1 Å². The highest BCUT2D eigenvalue weighted by molar-refractivity contribution is 7.89. The molecule has 2 aromatic carbocycles. The monoisotopic (exact) mass is 389 g/mol. The summed E-state index contributed by atoms with van der Waals surface area (Å²) in [5.41, 5.74) is 1.98. The summed E-state index contributed by atoms with van der Waals surface area (Å²) in [6.07, 6.45) is 1.42. The molecule has 3 rings (SSSR count). The summed E-state index contributed by atoms with van der Waals surface area (Å²) in [4.78, 5) is 14.6. The van der Waals surface area contributed by atoms with Crippen molar-refractivity contribution < 1.29 is 13.3 Å². The van der Waals surface area contributed by atoms with Gasteiger partial charge in [0.15, 0.2) is 0 Å². The predicted molar refractivity (Wildman–Crippen MR) is 102 cm³/mol. The summed E-state index contributed by atoms with van der Waals surface area (Å²) in [6.45, 7) is 0.494. The minimum atomic E-state index is -4.03. The van der Waals surface area contributed by atoms with Crippen molar-refractivity contribution in [3.8, 4) is 0 Å². The fourth-order valence-electron chi connectivity index (χ4n) is 2.85. The van der Waals surface area contributed by atoms with Gasteiger partial charge < -0.3 is 9.88 Å². The zero-order valence-corrected chi connectivity index (χ0v) is 15.4. The molecule has 3 aromatic rings. The molecule has 0 amide bonds. The first kappa shape index (κ1) is 18.8. The van der Waals surface area contributed by atoms with Gasteiger partial charge in [0.05, 0.1) is 20.9 Å². The van der Waals surface area contributed by atoms with Crippen LogP contribution in [0.25, 0.3) is 11.0 Å². The molecule has 10 heteroatoms. The lowest BCUT2D eigenvalue weighted by molar-refractivity contribution is -0.385. The van der Waals surface area contributed by atoms with Crippen LogP contribution in [0.5, 0.6) is 0 Å². The van der Waals surface area contributed by atoms with Crippen molar-refractivity contribution in [3.63, 3.8) is 0 Å². The molecule has 0 aliphatic heterocycles. The smallest absolute Gasteiger partial charge is 0.272 e. The molecule has 0 unspecified atom stereocenters. The molecule has 27 heavy (non-hydrogen) atoms. The lowest BCUT2D eigenvalue weighted by Gasteiger charge is -2.08. The number of anilines is 1. The summed E-state index contributed by atoms with van der Waals surface area (Å²) in [7, 11) is -2.08. The molecule has 0 aliphatic rings. The maximum Gasteiger partial charge on any atom is 0.272 e. The van der Waals surface area contributed by atoms with E-state index < -0.39 is 14.9 Å². The normalized spacial score (nSPS) is 11.6. The van der Waals surface area contributed by atoms with Gasteiger partial charge in [0.25, 0.3) is 5.69 Å². The highest BCUT2D eigenvalue weighted by Crippen LogP contribution is 2.23. The lowest BCUT2D eigenvalue weighted by Crippen LogP contribution is -2.13. The topological polar surface area (TPSA) is 133 Å². The fraction of sp³-hybridized carbons (Fsp3) is 0.235. The van der Waals surface area contributed by atoms with Gasteiger partial charge >= 0.3 is 0 Å². The molecule has 0 fully saturated rings. The summed E-state index contributed by atoms with van der Waals surface area (Å²) in [5.74, 6) is 0.933. The van der Waals surface area contributed by atoms with Crippen LogP contribution in [0.1, 0.15) is 12.2 Å². The standard InChI is InChI=1S/C17H19N5O4S/c1-21-16-6-3-2-5-15(16)20-17(21)7-4-8-19-12-9-13(22(23)24)11-14(10-12)27(18,25)26/h2-3,5-6,9-11,19H,4,7-8H2,1H3,(H2,18,25,26). The van der Waals surface area contributed by atoms with Crippen LogP contribution in [0.2, 0.25) is 0 Å². The van der Waals surface area contributed by atoms with Gasteiger partial charge in [-0.2, -0.15) is 0 Å². The van der Waals surface area contributed by atoms with Crippen molar-refractivity contribution in [2.24, 2.45) is 12.2 Å². The van der Waals surface area contributed by atoms with Gasteiger partial charge in [-0.25, -0.2) is 18.5 Å². The Balaban J connectivity index is 1.68. The van der Waals surface area contributed by atoms with Gasteiger partial charge in [0.1, 0.15) is 5.82 Å². The fourth-order valence-corrected chi connectivity index (χ4v) is 3.43. The average molecular weight is 389 g/mol. The third-order valence-electron chi connectivity index (χ3n) is 4.22. The van der Waals surface area contributed by atoms with Crippen molar-refractivity contribution in [1.29, 1.82) is 0 Å². The summed E-state index contributed by atoms with van der Waals surface area (Å²) < 4.78 is 25.1. The molecule has 0 atom stereocenters. The highest BCUT2D eigenvalue weighted by Gasteiger charge is 2.16. The Kier molecular flexibility index (Phi) is 5.10. The number of hydrogen-bond acceptors (Lipinski definition) is 6. The first-order chi connectivity index (χ1) is 12.8. The predicted octanol–water partition coefficient (Wildman–Crippen LogP) is 2.17. The van der Waals surface area contributed by atoms with E-state index in [0.29, 0.717) is 25.1 Å². The Labute approximate surface area is 156 Å². The lowest BCUT2D eigenvalue weighted by atomic mass is 10.2. The third kappa shape index (κ3) is 4.23. The van der Waals surface area contributed by atoms with Crippen LogP contribution in [0.4, 0.5) is 11.4 Å². The van der Waals surface area contributed by atoms with Crippen LogP contribution in [0.15, 0.2) is 47.4 Å². The van der Waals surface area contributed by atoms with Gasteiger partial charge in [-0.1, -0.05) is 12.1 Å². The van der Waals surface area contributed by atoms with Crippen LogP contribution in [0.3, 0.4) is 0 Å². The van der Waals surface area contributed by atoms with Crippen LogP contribution < -0.4 is 10.5 Å². The van der Waals surface area contributed by atoms with Gasteiger partial charge in [-0.3, -0.25) is 10.1 Å². The molecule has 0 radical (unpaired) electrons. The number of nitro groups is 1. The van der Waals surface area contributed by atoms with Crippen molar-refractivity contribution in [1.82, 2.24) is 9.55 Å². The molecule has 0 saturated heterocycles. The minimum absolute atomic E-state index is 0.297. The molecular formula is C17H19N5O4S. The Morgan fingerprint density at radius 2 is 2.00 bits per heavy atom. The second-order valence-corrected chi connectivity index (χ2v) is 7.69. The summed E-state index contributed by atoms with van der Waals surface area (Å²) in [6, 6.07) is 11.4. The number of aryl methyl sites for hydroxylation is 2. The van der Waals surface area contributed by atoms with E-state index >= 15 is 0 Å². The summed E-state index contributed by atoms with van der Waals surface area (Å²) >= 11 is 0. The number of nitro benzene ring substituents is 1. The maximum absolute atomic E-state index is 11.5. The number of benzene rings is 2. The molecular weight excluding hydrogens is 370 g/mol. The number of hydrogen-bond donors (Lipinski definition) is 2. The van der Waals surface area contributed by atoms with E-state index in [-0.39, 0.29) is 10.6 Å². The van der Waals surface area contributed by atoms with Gasteiger partial charge in [-0.05, 0) is 24.6 Å². The number of para-hydroxylation sites is 2. The number of aromatic nitrogens is 2. The van der Waals surface area contributed by atoms with Crippen molar-refractivity contribution in [2.45, 2.75) is 17.7 Å². The SMILES string of the molecule is Cn1c(CCCNc2cc([N+](=O)[O-])cc(S(N)(=O)=O)c2)nc2ccccc21. The van der Waals surface area contributed by atoms with Crippen LogP contribution >= 0.6 is 0 Å². The Hall–Kier alpha value is -2.98. The Morgan fingerprint density at radius 3 is 2.67 bits per heavy atom. The average Bonchev–Trinajstić information content (AvgIpc) is 2.94. The second kappa shape index (κ2) is 7.33. The van der Waals surface area contributed by atoms with Crippen LogP contribution in [-0.4, -0.2) is 29.4 Å². The highest BCUT2D eigenvalue weighted by atomic mass is 32.2. The van der Waals surface area contributed by atoms with E-state index in [2.05, 4.69) is 10.3 Å². The molecule has 142 valence electrons. The number of rotatable bonds is 7. The second-order valence-electron chi connectivity index (χ2n) is 6.12. The van der Waals surface area contributed by atoms with Crippen molar-refractivity contribution >= 4 is 32.4 Å². The van der Waals surface area contributed by atoms with E-state index in [1.807, 2.05) is 35.9 Å². The maximum atomic E-state index is 11.5. The van der Waals surface area contributed by atoms with E-state index in [1.54, 1.807) is 0 Å². The number of nitrogens with one attached hydrogen (secondary N) is 1. The number of nitrogens with zero attached hydrogens (tertiary/aromatic N) is 3. The minimum Gasteiger partial charge on any atom is -0.385 e. The number of fused-ring (bicyclic) bond motifs is 1. The number of primary sulfonamides is 1. The summed E-state index contributed by atoms with van der Waals surface area (Å²) in [5, 5.41) is 19.1. The molecule has 0 aliphatic carbocycles. The van der Waals surface area contributed by atoms with Crippen molar-refractivity contribution in [2.75, 3.05) is 11.9 Å². The quantitative estimate of drug-likeness (QED) is 0.361. The molecule has 1 heterocycles. The number of imidazole rings is 1. The number of sulfonamides is 1. The largest absolute Gasteiger partial charge is 0.385 e. The van der Waals surface area contributed by atoms with Crippen LogP contribution in [0, 0.1) is 10.1 Å². The molecule has 0 spiro atoms. The molecule has 9 nitrogen and oxygen atoms in total. The Morgan fingerprint density at radius 1 is 1.26 bits per heavy atom. The van der Waals surface area contributed by atoms with Crippen molar-refractivity contribution in [3.05, 3.63) is 58.4 Å². The molecule has 0 saturated carbocycles. The Bertz CT molecular complexity index is 1110. The van der Waals surface area contributed by atoms with Gasteiger partial charge in [-0.15, -0.1) is 0 Å². The van der Waals surface area contributed by atoms with E-state index in [0.717, 1.165) is 22.9 Å². The van der Waals surface area contributed by atoms with E-state index in [4.69, 9.17) is 5.14 Å². The zero-order valence-electron chi connectivity index (χ0n) is 14.6. The van der Waals surface area contributed by atoms with E-state index in [9.17, 15) is 18.5 Å². The first-order valence-electron chi connectivity index (χ1n) is 8.22. The van der Waals surface area contributed by atoms with Gasteiger partial charge in [0, 0.05) is 37.8 Å². The van der Waals surface area contributed by atoms with Gasteiger partial charge in [0.2, 0.25) is 10.0 Å². The van der Waals surface area contributed by atoms with Crippen LogP contribution in [-0.2, 0) is 23.5 Å². The molecule has 0 bridgehead atoms. The molecule has 1 aromatic heterocycles. The zero-order chi connectivity index (χ0) is 19.6. The first-order valence-corrected chi connectivity index (χ1v) is 9.77. The number of non-ortho nitro benzene ring substituents is 1.